The lowest BCUT2D eigenvalue weighted by atomic mass is 9.88. The van der Waals surface area contributed by atoms with Gasteiger partial charge in [0, 0.05) is 13.1 Å². The summed E-state index contributed by atoms with van der Waals surface area (Å²) in [5.41, 5.74) is -0.676. The number of nitrogens with zero attached hydrogens (tertiary/aromatic N) is 1. The fourth-order valence-corrected chi connectivity index (χ4v) is 3.74. The third kappa shape index (κ3) is 4.74. The Morgan fingerprint density at radius 2 is 1.63 bits per heavy atom. The topological polar surface area (TPSA) is 86.7 Å². The van der Waals surface area contributed by atoms with Crippen molar-refractivity contribution in [1.29, 1.82) is 0 Å². The van der Waals surface area contributed by atoms with Gasteiger partial charge in [0.2, 0.25) is 0 Å². The van der Waals surface area contributed by atoms with Crippen molar-refractivity contribution in [3.05, 3.63) is 0 Å². The molecule has 6 nitrogen and oxygen atoms in total. The number of carboxylic acids is 1. The number of rotatable bonds is 4. The predicted molar refractivity (Wildman–Crippen MR) is 73.0 cm³/mol. The van der Waals surface area contributed by atoms with Crippen LogP contribution in [0.3, 0.4) is 0 Å². The third-order valence-electron chi connectivity index (χ3n) is 3.28. The minimum absolute atomic E-state index is 0.464. The Kier molecular flexibility index (Phi) is 5.34. The van der Waals surface area contributed by atoms with Gasteiger partial charge in [-0.25, -0.2) is 0 Å². The van der Waals surface area contributed by atoms with E-state index in [0.29, 0.717) is 13.1 Å². The van der Waals surface area contributed by atoms with Crippen molar-refractivity contribution >= 4 is 16.2 Å². The Hall–Kier alpha value is -0.660. The van der Waals surface area contributed by atoms with Crippen LogP contribution in [0.25, 0.3) is 0 Å². The molecule has 0 aromatic carbocycles. The fraction of sp³-hybridized carbons (Fsp3) is 0.917. The number of hydrogen-bond donors (Lipinski definition) is 2. The van der Waals surface area contributed by atoms with Crippen molar-refractivity contribution in [2.75, 3.05) is 13.1 Å². The summed E-state index contributed by atoms with van der Waals surface area (Å²) in [5, 5.41) is 9.18. The van der Waals surface area contributed by atoms with Gasteiger partial charge in [-0.3, -0.25) is 4.79 Å². The highest BCUT2D eigenvalue weighted by molar-refractivity contribution is 7.87. The lowest BCUT2D eigenvalue weighted by Crippen LogP contribution is -2.53. The molecule has 1 aliphatic heterocycles. The minimum atomic E-state index is -3.73. The van der Waals surface area contributed by atoms with Crippen molar-refractivity contribution in [3.63, 3.8) is 0 Å². The first-order valence-corrected chi connectivity index (χ1v) is 8.09. The molecule has 1 fully saturated rings. The molecule has 0 amide bonds. The van der Waals surface area contributed by atoms with Crippen LogP contribution in [0.15, 0.2) is 0 Å². The normalized spacial score (nSPS) is 20.8. The Morgan fingerprint density at radius 1 is 1.16 bits per heavy atom. The SMILES string of the molecule is CC(C)(C)C(NS(=O)(=O)N1CCCCCC1)C(=O)O. The summed E-state index contributed by atoms with van der Waals surface area (Å²) in [4.78, 5) is 11.2. The van der Waals surface area contributed by atoms with E-state index >= 15 is 0 Å². The Labute approximate surface area is 115 Å². The van der Waals surface area contributed by atoms with Crippen LogP contribution < -0.4 is 4.72 Å². The monoisotopic (exact) mass is 292 g/mol. The van der Waals surface area contributed by atoms with E-state index in [-0.39, 0.29) is 0 Å². The van der Waals surface area contributed by atoms with E-state index < -0.39 is 27.6 Å². The van der Waals surface area contributed by atoms with Crippen molar-refractivity contribution in [3.8, 4) is 0 Å². The van der Waals surface area contributed by atoms with Gasteiger partial charge >= 0.3 is 5.97 Å². The van der Waals surface area contributed by atoms with Crippen molar-refractivity contribution in [2.24, 2.45) is 5.41 Å². The average Bonchev–Trinajstić information content (AvgIpc) is 2.52. The van der Waals surface area contributed by atoms with Crippen molar-refractivity contribution < 1.29 is 18.3 Å². The molecule has 1 atom stereocenters. The van der Waals surface area contributed by atoms with Gasteiger partial charge in [0.25, 0.3) is 10.2 Å². The second-order valence-electron chi connectivity index (χ2n) is 6.07. The van der Waals surface area contributed by atoms with E-state index in [1.807, 2.05) is 0 Å². The number of carbonyl (C=O) groups is 1. The standard InChI is InChI=1S/C12H24N2O4S/c1-12(2,3)10(11(15)16)13-19(17,18)14-8-6-4-5-7-9-14/h10,13H,4-9H2,1-3H3,(H,15,16). The molecule has 1 rings (SSSR count). The summed E-state index contributed by atoms with van der Waals surface area (Å²) in [6.07, 6.45) is 3.70. The first-order chi connectivity index (χ1) is 8.64. The fourth-order valence-electron chi connectivity index (χ4n) is 2.10. The maximum atomic E-state index is 12.3. The van der Waals surface area contributed by atoms with Gasteiger partial charge < -0.3 is 5.11 Å². The molecule has 0 aliphatic carbocycles. The zero-order chi connectivity index (χ0) is 14.7. The number of hydrogen-bond acceptors (Lipinski definition) is 3. The van der Waals surface area contributed by atoms with Crippen LogP contribution in [-0.4, -0.2) is 42.9 Å². The molecule has 19 heavy (non-hydrogen) atoms. The molecule has 112 valence electrons. The Balaban J connectivity index is 2.84. The van der Waals surface area contributed by atoms with Gasteiger partial charge in [-0.05, 0) is 18.3 Å². The Bertz CT molecular complexity index is 406. The molecule has 1 saturated heterocycles. The summed E-state index contributed by atoms with van der Waals surface area (Å²) < 4.78 is 28.2. The molecule has 0 saturated carbocycles. The molecule has 0 radical (unpaired) electrons. The average molecular weight is 292 g/mol. The van der Waals surface area contributed by atoms with E-state index in [4.69, 9.17) is 0 Å². The summed E-state index contributed by atoms with van der Waals surface area (Å²) in [5.74, 6) is -1.15. The van der Waals surface area contributed by atoms with Crippen LogP contribution >= 0.6 is 0 Å². The second kappa shape index (κ2) is 6.19. The molecule has 0 aromatic rings. The van der Waals surface area contributed by atoms with Gasteiger partial charge in [-0.15, -0.1) is 0 Å². The molecule has 1 heterocycles. The van der Waals surface area contributed by atoms with Gasteiger partial charge in [-0.1, -0.05) is 33.6 Å². The molecule has 2 N–H and O–H groups in total. The number of carboxylic acid groups (broad SMARTS) is 1. The number of nitrogens with one attached hydrogen (secondary N) is 1. The van der Waals surface area contributed by atoms with Gasteiger partial charge in [0.15, 0.2) is 0 Å². The summed E-state index contributed by atoms with van der Waals surface area (Å²) in [6, 6.07) is -1.12. The van der Waals surface area contributed by atoms with Crippen LogP contribution in [-0.2, 0) is 15.0 Å². The van der Waals surface area contributed by atoms with Crippen LogP contribution in [0.1, 0.15) is 46.5 Å². The quantitative estimate of drug-likeness (QED) is 0.815. The van der Waals surface area contributed by atoms with E-state index in [0.717, 1.165) is 25.7 Å². The van der Waals surface area contributed by atoms with E-state index in [1.165, 1.54) is 4.31 Å². The highest BCUT2D eigenvalue weighted by Gasteiger charge is 2.36. The van der Waals surface area contributed by atoms with E-state index in [1.54, 1.807) is 20.8 Å². The molecule has 7 heteroatoms. The zero-order valence-electron chi connectivity index (χ0n) is 11.8. The first-order valence-electron chi connectivity index (χ1n) is 6.65. The molecule has 1 unspecified atom stereocenters. The van der Waals surface area contributed by atoms with Crippen LogP contribution in [0.5, 0.6) is 0 Å². The van der Waals surface area contributed by atoms with Gasteiger partial charge in [0.05, 0.1) is 0 Å². The summed E-state index contributed by atoms with van der Waals surface area (Å²) in [7, 11) is -3.73. The molecular formula is C12H24N2O4S. The molecule has 1 aliphatic rings. The lowest BCUT2D eigenvalue weighted by Gasteiger charge is -2.30. The highest BCUT2D eigenvalue weighted by atomic mass is 32.2. The second-order valence-corrected chi connectivity index (χ2v) is 7.78. The van der Waals surface area contributed by atoms with Crippen LogP contribution in [0, 0.1) is 5.41 Å². The smallest absolute Gasteiger partial charge is 0.322 e. The van der Waals surface area contributed by atoms with E-state index in [2.05, 4.69) is 4.72 Å². The molecule has 0 bridgehead atoms. The largest absolute Gasteiger partial charge is 0.480 e. The summed E-state index contributed by atoms with van der Waals surface area (Å²) >= 11 is 0. The number of aliphatic carboxylic acids is 1. The maximum absolute atomic E-state index is 12.3. The molecule has 0 spiro atoms. The van der Waals surface area contributed by atoms with Crippen molar-refractivity contribution in [1.82, 2.24) is 9.03 Å². The highest BCUT2D eigenvalue weighted by Crippen LogP contribution is 2.21. The van der Waals surface area contributed by atoms with Crippen molar-refractivity contribution in [2.45, 2.75) is 52.5 Å². The maximum Gasteiger partial charge on any atom is 0.322 e. The Morgan fingerprint density at radius 3 is 2.00 bits per heavy atom. The van der Waals surface area contributed by atoms with Gasteiger partial charge in [0.1, 0.15) is 6.04 Å². The third-order valence-corrected chi connectivity index (χ3v) is 4.86. The van der Waals surface area contributed by atoms with Crippen LogP contribution in [0.4, 0.5) is 0 Å². The molecule has 0 aromatic heterocycles. The van der Waals surface area contributed by atoms with Gasteiger partial charge in [-0.2, -0.15) is 17.4 Å². The zero-order valence-corrected chi connectivity index (χ0v) is 12.7. The molecular weight excluding hydrogens is 268 g/mol. The van der Waals surface area contributed by atoms with Crippen LogP contribution in [0.2, 0.25) is 0 Å². The minimum Gasteiger partial charge on any atom is -0.480 e. The predicted octanol–water partition coefficient (Wildman–Crippen LogP) is 1.20. The summed E-state index contributed by atoms with van der Waals surface area (Å²) in [6.45, 7) is 6.04. The lowest BCUT2D eigenvalue weighted by molar-refractivity contribution is -0.141. The van der Waals surface area contributed by atoms with E-state index in [9.17, 15) is 18.3 Å². The first kappa shape index (κ1) is 16.4.